The molecule has 0 bridgehead atoms. The van der Waals surface area contributed by atoms with E-state index in [-0.39, 0.29) is 16.7 Å². The minimum absolute atomic E-state index is 0.000871. The monoisotopic (exact) mass is 785 g/mol. The van der Waals surface area contributed by atoms with Gasteiger partial charge >= 0.3 is 5.97 Å². The van der Waals surface area contributed by atoms with Crippen molar-refractivity contribution < 1.29 is 58.1 Å². The molecule has 0 spiro atoms. The van der Waals surface area contributed by atoms with Gasteiger partial charge in [-0.25, -0.2) is 4.79 Å². The molecule has 7 atom stereocenters. The number of quaternary nitrogens is 1. The lowest BCUT2D eigenvalue weighted by molar-refractivity contribution is -0.939. The number of rotatable bonds is 19. The number of halogens is 1. The summed E-state index contributed by atoms with van der Waals surface area (Å²) in [4.78, 5) is 11.6. The van der Waals surface area contributed by atoms with E-state index in [9.17, 15) is 30.5 Å². The second-order valence-corrected chi connectivity index (χ2v) is 14.6. The number of likely N-dealkylation sites (N-methyl/N-ethyl adjacent to an activating group) is 1. The fraction of sp³-hybridized carbons (Fsp3) is 0.512. The zero-order chi connectivity index (χ0) is 40.5. The molecular weight excluding hydrogens is 732 g/mol. The van der Waals surface area contributed by atoms with Crippen molar-refractivity contribution in [1.82, 2.24) is 0 Å². The number of carbonyl (C=O) groups is 1. The molecule has 1 heterocycles. The number of nitrogens with zero attached hydrogens (tertiary/aromatic N) is 2. The van der Waals surface area contributed by atoms with Crippen molar-refractivity contribution in [2.45, 2.75) is 82.7 Å². The average Bonchev–Trinajstić information content (AvgIpc) is 3.18. The molecule has 2 unspecified atom stereocenters. The number of hydrogen-bond acceptors (Lipinski definition) is 11. The number of aliphatic carboxylic acids is 1. The van der Waals surface area contributed by atoms with Gasteiger partial charge in [-0.1, -0.05) is 37.6 Å². The zero-order valence-electron chi connectivity index (χ0n) is 32.5. The number of benzene rings is 3. The summed E-state index contributed by atoms with van der Waals surface area (Å²) in [7, 11) is 6.37. The summed E-state index contributed by atoms with van der Waals surface area (Å²) in [6, 6.07) is 19.4. The van der Waals surface area contributed by atoms with Crippen molar-refractivity contribution in [2.75, 3.05) is 48.1 Å². The van der Waals surface area contributed by atoms with Crippen LogP contribution < -0.4 is 23.7 Å². The first-order valence-corrected chi connectivity index (χ1v) is 18.7. The van der Waals surface area contributed by atoms with E-state index < -0.39 is 42.1 Å². The molecule has 1 saturated heterocycles. The third-order valence-electron chi connectivity index (χ3n) is 10.9. The number of carboxylic acid groups (broad SMARTS) is 1. The molecule has 0 aliphatic carbocycles. The van der Waals surface area contributed by atoms with E-state index in [0.29, 0.717) is 40.4 Å². The maximum Gasteiger partial charge on any atom is 0.335 e. The Bertz CT molecular complexity index is 1800. The second-order valence-electron chi connectivity index (χ2n) is 14.2. The maximum absolute atomic E-state index is 11.6. The highest BCUT2D eigenvalue weighted by Crippen LogP contribution is 2.41. The first kappa shape index (κ1) is 43.4. The number of methoxy groups -OCH3 is 4. The standard InChI is InChI=1S/C41H53ClN2O11/c1-8-44(19-16-26-10-14-31(50-4)33(21-26)52-6,18-9-17-41(24-43,25(2)3)28-12-15-32(51-5)34(22-28)53-7)23-27-11-13-30(29(42)20-27)54-40-37(47)35(45)36(46)38(55-40)39(48)49/h10-15,20-22,25,35-38,40,45-47H,8-9,16-19,23H2,1-7H3/p+1/t35-,36-,37+,38-,40+,41?,44?/m0/s1. The van der Waals surface area contributed by atoms with Gasteiger partial charge < -0.3 is 53.3 Å². The topological polar surface area (TPSA) is 177 Å². The van der Waals surface area contributed by atoms with Crippen LogP contribution in [0.1, 0.15) is 50.3 Å². The molecule has 4 N–H and O–H groups in total. The Balaban J connectivity index is 1.63. The van der Waals surface area contributed by atoms with Crippen LogP contribution in [0.5, 0.6) is 28.7 Å². The maximum atomic E-state index is 11.6. The van der Waals surface area contributed by atoms with Gasteiger partial charge in [-0.15, -0.1) is 0 Å². The molecule has 0 amide bonds. The van der Waals surface area contributed by atoms with Crippen molar-refractivity contribution in [3.8, 4) is 34.8 Å². The van der Waals surface area contributed by atoms with Crippen LogP contribution in [0.25, 0.3) is 0 Å². The smallest absolute Gasteiger partial charge is 0.335 e. The molecule has 4 rings (SSSR count). The van der Waals surface area contributed by atoms with Gasteiger partial charge in [-0.2, -0.15) is 5.26 Å². The summed E-state index contributed by atoms with van der Waals surface area (Å²) < 4.78 is 33.8. The number of aliphatic hydroxyl groups excluding tert-OH is 3. The first-order chi connectivity index (χ1) is 26.2. The lowest BCUT2D eigenvalue weighted by Crippen LogP contribution is -2.61. The highest BCUT2D eigenvalue weighted by Gasteiger charge is 2.48. The van der Waals surface area contributed by atoms with Gasteiger partial charge in [0.15, 0.2) is 29.1 Å². The van der Waals surface area contributed by atoms with Crippen LogP contribution in [0, 0.1) is 17.2 Å². The van der Waals surface area contributed by atoms with E-state index in [2.05, 4.69) is 26.8 Å². The third kappa shape index (κ3) is 9.75. The number of hydrogen-bond donors (Lipinski definition) is 4. The molecule has 1 fully saturated rings. The van der Waals surface area contributed by atoms with Gasteiger partial charge in [-0.3, -0.25) is 0 Å². The van der Waals surface area contributed by atoms with E-state index in [0.717, 1.165) is 49.2 Å². The minimum Gasteiger partial charge on any atom is -0.493 e. The zero-order valence-corrected chi connectivity index (χ0v) is 33.3. The Hall–Kier alpha value is -4.29. The molecular formula is C41H54ClN2O11+. The van der Waals surface area contributed by atoms with E-state index in [1.54, 1.807) is 40.6 Å². The first-order valence-electron chi connectivity index (χ1n) is 18.3. The van der Waals surface area contributed by atoms with Crippen molar-refractivity contribution in [3.63, 3.8) is 0 Å². The second kappa shape index (κ2) is 19.0. The van der Waals surface area contributed by atoms with Crippen molar-refractivity contribution >= 4 is 17.6 Å². The normalized spacial score (nSPS) is 21.8. The van der Waals surface area contributed by atoms with Gasteiger partial charge in [0.2, 0.25) is 6.29 Å². The predicted molar refractivity (Wildman–Crippen MR) is 205 cm³/mol. The molecule has 0 aromatic heterocycles. The molecule has 3 aromatic rings. The van der Waals surface area contributed by atoms with Crippen LogP contribution in [0.2, 0.25) is 5.02 Å². The summed E-state index contributed by atoms with van der Waals surface area (Å²) in [6.07, 6.45) is -6.74. The largest absolute Gasteiger partial charge is 0.493 e. The lowest BCUT2D eigenvalue weighted by Gasteiger charge is -2.40. The van der Waals surface area contributed by atoms with Gasteiger partial charge in [0.1, 0.15) is 30.6 Å². The summed E-state index contributed by atoms with van der Waals surface area (Å²) in [5, 5.41) is 51.2. The molecule has 1 aliphatic rings. The summed E-state index contributed by atoms with van der Waals surface area (Å²) in [6.45, 7) is 9.09. The van der Waals surface area contributed by atoms with Crippen molar-refractivity contribution in [1.29, 1.82) is 5.26 Å². The number of nitriles is 1. The Kier molecular flexibility index (Phi) is 15.0. The number of ether oxygens (including phenoxy) is 6. The van der Waals surface area contributed by atoms with E-state index in [1.165, 1.54) is 0 Å². The molecule has 13 nitrogen and oxygen atoms in total. The van der Waals surface area contributed by atoms with Crippen LogP contribution in [-0.4, -0.2) is 110 Å². The molecule has 1 aliphatic heterocycles. The van der Waals surface area contributed by atoms with Gasteiger partial charge in [0.25, 0.3) is 0 Å². The van der Waals surface area contributed by atoms with Crippen molar-refractivity contribution in [2.24, 2.45) is 5.92 Å². The molecule has 0 radical (unpaired) electrons. The van der Waals surface area contributed by atoms with Gasteiger partial charge in [-0.05, 0) is 79.3 Å². The van der Waals surface area contributed by atoms with E-state index in [4.69, 9.17) is 40.0 Å². The molecule has 3 aromatic carbocycles. The van der Waals surface area contributed by atoms with Crippen LogP contribution in [-0.2, 0) is 27.9 Å². The summed E-state index contributed by atoms with van der Waals surface area (Å²) in [5.74, 6) is 1.04. The third-order valence-corrected chi connectivity index (χ3v) is 11.1. The summed E-state index contributed by atoms with van der Waals surface area (Å²) >= 11 is 6.72. The van der Waals surface area contributed by atoms with Gasteiger partial charge in [0.05, 0.1) is 64.6 Å². The quantitative estimate of drug-likeness (QED) is 0.118. The summed E-state index contributed by atoms with van der Waals surface area (Å²) in [5.41, 5.74) is 2.05. The van der Waals surface area contributed by atoms with E-state index >= 15 is 0 Å². The van der Waals surface area contributed by atoms with E-state index in [1.807, 2.05) is 42.5 Å². The predicted octanol–water partition coefficient (Wildman–Crippen LogP) is 5.12. The number of carboxylic acids is 1. The van der Waals surface area contributed by atoms with Crippen LogP contribution in [0.3, 0.4) is 0 Å². The highest BCUT2D eigenvalue weighted by molar-refractivity contribution is 6.32. The molecule has 300 valence electrons. The van der Waals surface area contributed by atoms with Crippen molar-refractivity contribution in [3.05, 3.63) is 76.3 Å². The Morgan fingerprint density at radius 2 is 1.45 bits per heavy atom. The Morgan fingerprint density at radius 3 is 2.02 bits per heavy atom. The minimum atomic E-state index is -1.85. The van der Waals surface area contributed by atoms with Gasteiger partial charge in [0, 0.05) is 12.0 Å². The van der Waals surface area contributed by atoms with Crippen LogP contribution in [0.15, 0.2) is 54.6 Å². The average molecular weight is 786 g/mol. The van der Waals surface area contributed by atoms with Crippen LogP contribution in [0.4, 0.5) is 0 Å². The molecule has 14 heteroatoms. The molecule has 0 saturated carbocycles. The Morgan fingerprint density at radius 1 is 0.855 bits per heavy atom. The highest BCUT2D eigenvalue weighted by atomic mass is 35.5. The molecule has 55 heavy (non-hydrogen) atoms. The SMILES string of the molecule is CC[N+](CCCC(C#N)(c1ccc(OC)c(OC)c1)C(C)C)(CCc1ccc(OC)c(OC)c1)Cc1ccc(O[C@@H]2O[C@H](C(=O)O)[C@@H](O)[C@H](O)[C@H]2O)c(Cl)c1. The fourth-order valence-corrected chi connectivity index (χ4v) is 7.57. The van der Waals surface area contributed by atoms with Crippen LogP contribution >= 0.6 is 11.6 Å². The Labute approximate surface area is 328 Å². The fourth-order valence-electron chi connectivity index (χ4n) is 7.32. The number of aliphatic hydroxyl groups is 3. The lowest BCUT2D eigenvalue weighted by atomic mass is 9.69.